The number of rotatable bonds is 7. The Bertz CT molecular complexity index is 416. The first-order chi connectivity index (χ1) is 9.04. The molecule has 0 radical (unpaired) electrons. The lowest BCUT2D eigenvalue weighted by molar-refractivity contribution is 0.0963. The predicted octanol–water partition coefficient (Wildman–Crippen LogP) is 2.87. The van der Waals surface area contributed by atoms with Crippen LogP contribution in [-0.2, 0) is 0 Å². The second-order valence-electron chi connectivity index (χ2n) is 5.20. The minimum Gasteiger partial charge on any atom is -0.397 e. The summed E-state index contributed by atoms with van der Waals surface area (Å²) in [5.74, 6) is 0.657. The topological polar surface area (TPSA) is 67.2 Å². The van der Waals surface area contributed by atoms with E-state index in [4.69, 9.17) is 5.73 Å². The number of carbonyl (C=O) groups is 1. The molecule has 4 N–H and O–H groups in total. The summed E-state index contributed by atoms with van der Waals surface area (Å²) in [6.45, 7) is 5.35. The number of nitrogens with one attached hydrogen (secondary N) is 2. The summed E-state index contributed by atoms with van der Waals surface area (Å²) in [6.07, 6.45) is 3.57. The Hall–Kier alpha value is -1.71. The zero-order valence-electron chi connectivity index (χ0n) is 12.1. The van der Waals surface area contributed by atoms with Gasteiger partial charge in [0.25, 0.3) is 5.91 Å². The standard InChI is InChI=1S/C15H25N3O/c1-11(2)6-4-5-9-18-14-10-12(15(19)17-3)7-8-13(14)16/h7-8,10-11,18H,4-6,9,16H2,1-3H3,(H,17,19). The Balaban J connectivity index is 2.50. The van der Waals surface area contributed by atoms with E-state index < -0.39 is 0 Å². The summed E-state index contributed by atoms with van der Waals surface area (Å²) in [5.41, 5.74) is 8.04. The first kappa shape index (κ1) is 15.3. The van der Waals surface area contributed by atoms with E-state index in [1.165, 1.54) is 12.8 Å². The Kier molecular flexibility index (Phi) is 6.19. The van der Waals surface area contributed by atoms with E-state index in [-0.39, 0.29) is 5.91 Å². The molecule has 0 saturated heterocycles. The van der Waals surface area contributed by atoms with Gasteiger partial charge >= 0.3 is 0 Å². The molecule has 0 atom stereocenters. The molecule has 106 valence electrons. The smallest absolute Gasteiger partial charge is 0.251 e. The molecule has 1 rings (SSSR count). The number of unbranched alkanes of at least 4 members (excludes halogenated alkanes) is 1. The zero-order chi connectivity index (χ0) is 14.3. The van der Waals surface area contributed by atoms with Gasteiger partial charge in [-0.05, 0) is 30.5 Å². The van der Waals surface area contributed by atoms with Crippen molar-refractivity contribution in [3.05, 3.63) is 23.8 Å². The van der Waals surface area contributed by atoms with Crippen LogP contribution in [0.1, 0.15) is 43.5 Å². The van der Waals surface area contributed by atoms with Crippen molar-refractivity contribution in [1.82, 2.24) is 5.32 Å². The molecule has 19 heavy (non-hydrogen) atoms. The third kappa shape index (κ3) is 5.20. The number of carbonyl (C=O) groups excluding carboxylic acids is 1. The molecule has 0 heterocycles. The van der Waals surface area contributed by atoms with Crippen LogP contribution in [0.5, 0.6) is 0 Å². The van der Waals surface area contributed by atoms with Crippen molar-refractivity contribution < 1.29 is 4.79 Å². The minimum absolute atomic E-state index is 0.0946. The van der Waals surface area contributed by atoms with Gasteiger partial charge in [-0.2, -0.15) is 0 Å². The maximum atomic E-state index is 11.5. The van der Waals surface area contributed by atoms with E-state index in [9.17, 15) is 4.79 Å². The molecule has 4 heteroatoms. The monoisotopic (exact) mass is 263 g/mol. The van der Waals surface area contributed by atoms with E-state index in [2.05, 4.69) is 24.5 Å². The van der Waals surface area contributed by atoms with Crippen molar-refractivity contribution in [3.8, 4) is 0 Å². The summed E-state index contributed by atoms with van der Waals surface area (Å²) in [5, 5.41) is 5.91. The average Bonchev–Trinajstić information content (AvgIpc) is 2.39. The maximum absolute atomic E-state index is 11.5. The van der Waals surface area contributed by atoms with Crippen molar-refractivity contribution in [2.24, 2.45) is 5.92 Å². The van der Waals surface area contributed by atoms with Gasteiger partial charge in [0.15, 0.2) is 0 Å². The summed E-state index contributed by atoms with van der Waals surface area (Å²) >= 11 is 0. The fourth-order valence-electron chi connectivity index (χ4n) is 1.90. The number of nitrogen functional groups attached to an aromatic ring is 1. The number of anilines is 2. The van der Waals surface area contributed by atoms with Gasteiger partial charge in [0.05, 0.1) is 11.4 Å². The SMILES string of the molecule is CNC(=O)c1ccc(N)c(NCCCCC(C)C)c1. The third-order valence-electron chi connectivity index (χ3n) is 3.07. The molecule has 0 bridgehead atoms. The lowest BCUT2D eigenvalue weighted by Gasteiger charge is -2.11. The molecule has 1 amide bonds. The highest BCUT2D eigenvalue weighted by Crippen LogP contribution is 2.20. The summed E-state index contributed by atoms with van der Waals surface area (Å²) in [7, 11) is 1.62. The number of hydrogen-bond donors (Lipinski definition) is 3. The Labute approximate surface area is 115 Å². The first-order valence-corrected chi connectivity index (χ1v) is 6.90. The molecule has 1 aromatic carbocycles. The van der Waals surface area contributed by atoms with Crippen LogP contribution in [0.4, 0.5) is 11.4 Å². The zero-order valence-corrected chi connectivity index (χ0v) is 12.1. The highest BCUT2D eigenvalue weighted by atomic mass is 16.1. The van der Waals surface area contributed by atoms with Gasteiger partial charge < -0.3 is 16.4 Å². The van der Waals surface area contributed by atoms with E-state index in [1.807, 2.05) is 0 Å². The molecular weight excluding hydrogens is 238 g/mol. The van der Waals surface area contributed by atoms with Crippen LogP contribution >= 0.6 is 0 Å². The summed E-state index contributed by atoms with van der Waals surface area (Å²) in [6, 6.07) is 5.30. The second-order valence-corrected chi connectivity index (χ2v) is 5.20. The Morgan fingerprint density at radius 1 is 1.32 bits per heavy atom. The second kappa shape index (κ2) is 7.67. The van der Waals surface area contributed by atoms with Crippen LogP contribution in [0.3, 0.4) is 0 Å². The first-order valence-electron chi connectivity index (χ1n) is 6.90. The molecule has 0 fully saturated rings. The fraction of sp³-hybridized carbons (Fsp3) is 0.533. The van der Waals surface area contributed by atoms with Crippen LogP contribution < -0.4 is 16.4 Å². The molecule has 0 aliphatic heterocycles. The number of benzene rings is 1. The van der Waals surface area contributed by atoms with Gasteiger partial charge in [-0.3, -0.25) is 4.79 Å². The van der Waals surface area contributed by atoms with Crippen LogP contribution in [-0.4, -0.2) is 19.5 Å². The van der Waals surface area contributed by atoms with Gasteiger partial charge in [0, 0.05) is 19.2 Å². The van der Waals surface area contributed by atoms with E-state index in [1.54, 1.807) is 25.2 Å². The minimum atomic E-state index is -0.0946. The number of nitrogens with two attached hydrogens (primary N) is 1. The van der Waals surface area contributed by atoms with Crippen LogP contribution in [0.25, 0.3) is 0 Å². The van der Waals surface area contributed by atoms with Crippen molar-refractivity contribution in [2.75, 3.05) is 24.6 Å². The Morgan fingerprint density at radius 3 is 2.68 bits per heavy atom. The molecule has 1 aromatic rings. The van der Waals surface area contributed by atoms with E-state index in [0.717, 1.165) is 24.6 Å². The molecule has 0 aliphatic carbocycles. The fourth-order valence-corrected chi connectivity index (χ4v) is 1.90. The van der Waals surface area contributed by atoms with Crippen LogP contribution in [0.15, 0.2) is 18.2 Å². The Morgan fingerprint density at radius 2 is 2.05 bits per heavy atom. The molecule has 0 aromatic heterocycles. The van der Waals surface area contributed by atoms with E-state index in [0.29, 0.717) is 11.3 Å². The largest absolute Gasteiger partial charge is 0.397 e. The molecule has 0 spiro atoms. The highest BCUT2D eigenvalue weighted by molar-refractivity contribution is 5.96. The quantitative estimate of drug-likeness (QED) is 0.523. The third-order valence-corrected chi connectivity index (χ3v) is 3.07. The average molecular weight is 263 g/mol. The van der Waals surface area contributed by atoms with Crippen molar-refractivity contribution in [2.45, 2.75) is 33.1 Å². The van der Waals surface area contributed by atoms with Crippen LogP contribution in [0, 0.1) is 5.92 Å². The van der Waals surface area contributed by atoms with Gasteiger partial charge in [-0.1, -0.05) is 26.7 Å². The molecule has 0 unspecified atom stereocenters. The van der Waals surface area contributed by atoms with E-state index >= 15 is 0 Å². The van der Waals surface area contributed by atoms with Crippen molar-refractivity contribution in [1.29, 1.82) is 0 Å². The summed E-state index contributed by atoms with van der Waals surface area (Å²) < 4.78 is 0. The predicted molar refractivity (Wildman–Crippen MR) is 81.4 cm³/mol. The highest BCUT2D eigenvalue weighted by Gasteiger charge is 2.06. The summed E-state index contributed by atoms with van der Waals surface area (Å²) in [4.78, 5) is 11.5. The maximum Gasteiger partial charge on any atom is 0.251 e. The molecule has 0 aliphatic rings. The molecule has 0 saturated carbocycles. The molecule has 4 nitrogen and oxygen atoms in total. The van der Waals surface area contributed by atoms with Gasteiger partial charge in [0.2, 0.25) is 0 Å². The number of hydrogen-bond acceptors (Lipinski definition) is 3. The van der Waals surface area contributed by atoms with Gasteiger partial charge in [0.1, 0.15) is 0 Å². The van der Waals surface area contributed by atoms with Crippen molar-refractivity contribution in [3.63, 3.8) is 0 Å². The lowest BCUT2D eigenvalue weighted by Crippen LogP contribution is -2.18. The normalized spacial score (nSPS) is 10.5. The van der Waals surface area contributed by atoms with Crippen LogP contribution in [0.2, 0.25) is 0 Å². The van der Waals surface area contributed by atoms with Crippen molar-refractivity contribution >= 4 is 17.3 Å². The molecular formula is C15H25N3O. The lowest BCUT2D eigenvalue weighted by atomic mass is 10.1. The number of amides is 1. The van der Waals surface area contributed by atoms with Gasteiger partial charge in [-0.25, -0.2) is 0 Å². The van der Waals surface area contributed by atoms with Gasteiger partial charge in [-0.15, -0.1) is 0 Å².